The highest BCUT2D eigenvalue weighted by molar-refractivity contribution is 6.03. The summed E-state index contributed by atoms with van der Waals surface area (Å²) < 4.78 is 12.2. The minimum absolute atomic E-state index is 0.0160. The molecule has 7 rings (SSSR count). The van der Waals surface area contributed by atoms with Gasteiger partial charge in [0.1, 0.15) is 17.5 Å². The van der Waals surface area contributed by atoms with Crippen LogP contribution in [0.25, 0.3) is 10.8 Å². The highest BCUT2D eigenvalue weighted by atomic mass is 16.5. The van der Waals surface area contributed by atoms with Crippen molar-refractivity contribution < 1.29 is 29.0 Å². The first-order chi connectivity index (χ1) is 25.3. The third-order valence-corrected chi connectivity index (χ3v) is 11.0. The number of carbonyl (C=O) groups excluding carboxylic acids is 3. The van der Waals surface area contributed by atoms with Gasteiger partial charge in [-0.3, -0.25) is 19.3 Å². The molecule has 3 aliphatic heterocycles. The Balaban J connectivity index is 1.29. The Labute approximate surface area is 314 Å². The van der Waals surface area contributed by atoms with Gasteiger partial charge in [-0.25, -0.2) is 0 Å². The van der Waals surface area contributed by atoms with E-state index < -0.39 is 24.1 Å². The second-order valence-electron chi connectivity index (χ2n) is 16.7. The normalized spacial score (nSPS) is 25.5. The number of benzene rings is 3. The number of fused-ring (bicyclic) bond motifs is 14. The summed E-state index contributed by atoms with van der Waals surface area (Å²) in [5, 5.41) is 23.3. The summed E-state index contributed by atoms with van der Waals surface area (Å²) in [6.45, 7) is 11.5. The van der Waals surface area contributed by atoms with E-state index in [4.69, 9.17) is 9.47 Å². The number of nitrogens with one attached hydrogen (secondary N) is 3. The third kappa shape index (κ3) is 9.89. The number of likely N-dealkylation sites (tertiary alicyclic amines) is 1. The maximum Gasteiger partial charge on any atom is 0.255 e. The minimum Gasteiger partial charge on any atom is -0.493 e. The topological polar surface area (TPSA) is 129 Å². The third-order valence-electron chi connectivity index (χ3n) is 11.0. The maximum absolute atomic E-state index is 14.2. The molecule has 3 amide bonds. The number of hydrogen-bond acceptors (Lipinski definition) is 7. The molecular weight excluding hydrogens is 668 g/mol. The van der Waals surface area contributed by atoms with Crippen LogP contribution in [0.5, 0.6) is 11.5 Å². The fourth-order valence-electron chi connectivity index (χ4n) is 8.23. The standard InChI is InChI=1S/C43H58N4O6/c1-27(2)39-42(51)44-35(37(48)26-47-25-32-14-9-8-12-30(32)23-36(47)41(50)46-43(3,4)5)21-28-15-17-33(18-16-28)52-19-10-20-53-38-24-31-13-7-6-11-29(31)22-34(38)40(49)45-39/h6-7,11,13,15-18,22,24,27,30,32,35-37,39,48H,8-10,12,14,19-21,23,25-26H2,1-5H3,(H,44,51)(H,45,49)(H,46,50)/t30?,32?,35-,36-,37+,39-/m0/s1. The lowest BCUT2D eigenvalue weighted by Gasteiger charge is -2.47. The van der Waals surface area contributed by atoms with E-state index in [-0.39, 0.29) is 35.9 Å². The molecule has 0 aromatic heterocycles. The molecule has 0 spiro atoms. The molecule has 4 aliphatic rings. The van der Waals surface area contributed by atoms with Crippen LogP contribution < -0.4 is 25.4 Å². The van der Waals surface area contributed by atoms with Gasteiger partial charge in [-0.1, -0.05) is 69.5 Å². The summed E-state index contributed by atoms with van der Waals surface area (Å²) in [5.41, 5.74) is 0.887. The minimum atomic E-state index is -0.991. The Morgan fingerprint density at radius 2 is 1.60 bits per heavy atom. The van der Waals surface area contributed by atoms with Crippen LogP contribution in [-0.4, -0.2) is 83.8 Å². The molecule has 0 radical (unpaired) electrons. The van der Waals surface area contributed by atoms with Crippen molar-refractivity contribution in [3.8, 4) is 11.5 Å². The van der Waals surface area contributed by atoms with Gasteiger partial charge in [0.15, 0.2) is 0 Å². The first-order valence-corrected chi connectivity index (χ1v) is 19.6. The van der Waals surface area contributed by atoms with E-state index in [0.29, 0.717) is 55.0 Å². The molecule has 4 N–H and O–H groups in total. The zero-order valence-electron chi connectivity index (χ0n) is 32.0. The van der Waals surface area contributed by atoms with E-state index in [1.165, 1.54) is 12.8 Å². The summed E-state index contributed by atoms with van der Waals surface area (Å²) in [6.07, 6.45) is 5.37. The quantitative estimate of drug-likeness (QED) is 0.268. The van der Waals surface area contributed by atoms with Gasteiger partial charge >= 0.3 is 0 Å². The van der Waals surface area contributed by atoms with Crippen molar-refractivity contribution in [2.45, 2.75) is 109 Å². The highest BCUT2D eigenvalue weighted by Crippen LogP contribution is 2.39. The van der Waals surface area contributed by atoms with E-state index in [9.17, 15) is 19.5 Å². The van der Waals surface area contributed by atoms with Crippen LogP contribution in [0.1, 0.15) is 89.1 Å². The van der Waals surface area contributed by atoms with Crippen molar-refractivity contribution >= 4 is 28.5 Å². The molecule has 3 aromatic carbocycles. The molecule has 1 saturated heterocycles. The molecule has 2 bridgehead atoms. The van der Waals surface area contributed by atoms with Crippen molar-refractivity contribution in [1.82, 2.24) is 20.9 Å². The van der Waals surface area contributed by atoms with Gasteiger partial charge in [-0.05, 0) is 98.4 Å². The zero-order valence-corrected chi connectivity index (χ0v) is 32.0. The van der Waals surface area contributed by atoms with Crippen LogP contribution in [0.2, 0.25) is 0 Å². The van der Waals surface area contributed by atoms with Crippen molar-refractivity contribution in [1.29, 1.82) is 0 Å². The van der Waals surface area contributed by atoms with Crippen LogP contribution in [0.15, 0.2) is 60.7 Å². The summed E-state index contributed by atoms with van der Waals surface area (Å²) in [4.78, 5) is 44.1. The monoisotopic (exact) mass is 726 g/mol. The summed E-state index contributed by atoms with van der Waals surface area (Å²) >= 11 is 0. The lowest BCUT2D eigenvalue weighted by atomic mass is 9.72. The number of β-amino-alcohol motifs (C(OH)–C–C–N with tert-alkyl or cyclic N) is 1. The predicted molar refractivity (Wildman–Crippen MR) is 207 cm³/mol. The molecule has 1 aliphatic carbocycles. The number of amides is 3. The maximum atomic E-state index is 14.2. The first kappa shape index (κ1) is 38.6. The van der Waals surface area contributed by atoms with Crippen molar-refractivity contribution in [3.63, 3.8) is 0 Å². The first-order valence-electron chi connectivity index (χ1n) is 19.6. The van der Waals surface area contributed by atoms with Gasteiger partial charge in [0, 0.05) is 25.0 Å². The Hall–Kier alpha value is -4.15. The second-order valence-corrected chi connectivity index (χ2v) is 16.7. The summed E-state index contributed by atoms with van der Waals surface area (Å²) in [6, 6.07) is 17.2. The molecule has 2 fully saturated rings. The Kier molecular flexibility index (Phi) is 12.3. The lowest BCUT2D eigenvalue weighted by molar-refractivity contribution is -0.133. The van der Waals surface area contributed by atoms with E-state index in [0.717, 1.165) is 42.1 Å². The van der Waals surface area contributed by atoms with Crippen LogP contribution in [-0.2, 0) is 16.0 Å². The predicted octanol–water partition coefficient (Wildman–Crippen LogP) is 5.64. The fourth-order valence-corrected chi connectivity index (χ4v) is 8.23. The zero-order chi connectivity index (χ0) is 37.7. The van der Waals surface area contributed by atoms with Crippen LogP contribution in [0.4, 0.5) is 0 Å². The van der Waals surface area contributed by atoms with Crippen molar-refractivity contribution in [2.75, 3.05) is 26.3 Å². The lowest BCUT2D eigenvalue weighted by Crippen LogP contribution is -2.61. The number of carbonyl (C=O) groups is 3. The van der Waals surface area contributed by atoms with Crippen molar-refractivity contribution in [2.24, 2.45) is 17.8 Å². The van der Waals surface area contributed by atoms with Gasteiger partial charge in [-0.15, -0.1) is 0 Å². The van der Waals surface area contributed by atoms with E-state index in [2.05, 4.69) is 20.9 Å². The smallest absolute Gasteiger partial charge is 0.255 e. The van der Waals surface area contributed by atoms with Gasteiger partial charge < -0.3 is 30.5 Å². The highest BCUT2D eigenvalue weighted by Gasteiger charge is 2.42. The van der Waals surface area contributed by atoms with Gasteiger partial charge in [0.05, 0.1) is 37.0 Å². The number of ether oxygens (including phenoxy) is 2. The average Bonchev–Trinajstić information content (AvgIpc) is 3.12. The number of piperidine rings is 1. The SMILES string of the molecule is CC(C)[C@@H]1NC(=O)c2cc3ccccc3cc2OCCCOc2ccc(cc2)C[C@@H]([C@H](O)CN2CC3CCCCC3C[C@H]2C(=O)NC(C)(C)C)NC1=O. The van der Waals surface area contributed by atoms with Crippen LogP contribution >= 0.6 is 0 Å². The summed E-state index contributed by atoms with van der Waals surface area (Å²) in [5.74, 6) is 1.07. The molecule has 2 unspecified atom stereocenters. The van der Waals surface area contributed by atoms with E-state index in [1.54, 1.807) is 6.07 Å². The van der Waals surface area contributed by atoms with Crippen LogP contribution in [0.3, 0.4) is 0 Å². The average molecular weight is 727 g/mol. The van der Waals surface area contributed by atoms with Crippen LogP contribution in [0, 0.1) is 17.8 Å². The van der Waals surface area contributed by atoms with E-state index >= 15 is 0 Å². The number of hydrogen-bond donors (Lipinski definition) is 4. The van der Waals surface area contributed by atoms with Crippen molar-refractivity contribution in [3.05, 3.63) is 71.8 Å². The number of rotatable bonds is 5. The summed E-state index contributed by atoms with van der Waals surface area (Å²) in [7, 11) is 0. The van der Waals surface area contributed by atoms with Gasteiger partial charge in [0.25, 0.3) is 5.91 Å². The van der Waals surface area contributed by atoms with Gasteiger partial charge in [-0.2, -0.15) is 0 Å². The second kappa shape index (κ2) is 16.9. The largest absolute Gasteiger partial charge is 0.493 e. The molecule has 10 nitrogen and oxygen atoms in total. The molecular formula is C43H58N4O6. The Morgan fingerprint density at radius 1 is 0.925 bits per heavy atom. The number of nitrogens with zero attached hydrogens (tertiary/aromatic N) is 1. The number of aliphatic hydroxyl groups excluding tert-OH is 1. The molecule has 286 valence electrons. The molecule has 10 heteroatoms. The molecule has 3 heterocycles. The Morgan fingerprint density at radius 3 is 2.30 bits per heavy atom. The van der Waals surface area contributed by atoms with Gasteiger partial charge in [0.2, 0.25) is 11.8 Å². The number of aliphatic hydroxyl groups is 1. The molecule has 1 saturated carbocycles. The molecule has 53 heavy (non-hydrogen) atoms. The Bertz CT molecular complexity index is 1740. The molecule has 6 atom stereocenters. The fraction of sp³-hybridized carbons (Fsp3) is 0.558. The molecule has 3 aromatic rings. The van der Waals surface area contributed by atoms with E-state index in [1.807, 2.05) is 89.2 Å².